The number of hydrogen-bond acceptors (Lipinski definition) is 1. The van der Waals surface area contributed by atoms with Gasteiger partial charge in [-0.1, -0.05) is 12.1 Å². The van der Waals surface area contributed by atoms with Crippen molar-refractivity contribution in [3.63, 3.8) is 0 Å². The van der Waals surface area contributed by atoms with E-state index in [1.165, 1.54) is 30.3 Å². The number of hydrogen-bond donors (Lipinski definition) is 0. The maximum atomic E-state index is 13.5. The third-order valence-corrected chi connectivity index (χ3v) is 5.01. The lowest BCUT2D eigenvalue weighted by molar-refractivity contribution is -0.137. The van der Waals surface area contributed by atoms with Gasteiger partial charge in [-0.3, -0.25) is 4.68 Å². The van der Waals surface area contributed by atoms with Gasteiger partial charge in [-0.15, -0.1) is 0 Å². The maximum absolute atomic E-state index is 13.5. The normalized spacial score (nSPS) is 11.7. The van der Waals surface area contributed by atoms with Crippen LogP contribution in [0.25, 0.3) is 22.5 Å². The van der Waals surface area contributed by atoms with Crippen molar-refractivity contribution >= 4 is 0 Å². The van der Waals surface area contributed by atoms with Gasteiger partial charge in [-0.2, -0.15) is 18.3 Å². The second kappa shape index (κ2) is 7.98. The van der Waals surface area contributed by atoms with Crippen molar-refractivity contribution in [3.05, 3.63) is 101 Å². The molecule has 0 bridgehead atoms. The molecule has 0 saturated heterocycles. The summed E-state index contributed by atoms with van der Waals surface area (Å²) < 4.78 is 67.8. The largest absolute Gasteiger partial charge is 0.416 e. The van der Waals surface area contributed by atoms with Crippen LogP contribution in [0, 0.1) is 18.6 Å². The van der Waals surface area contributed by atoms with Crippen LogP contribution in [0.5, 0.6) is 0 Å². The molecule has 0 aliphatic rings. The molecule has 1 aromatic heterocycles. The van der Waals surface area contributed by atoms with Gasteiger partial charge in [0.15, 0.2) is 0 Å². The second-order valence-corrected chi connectivity index (χ2v) is 7.19. The summed E-state index contributed by atoms with van der Waals surface area (Å²) in [6.07, 6.45) is -4.45. The van der Waals surface area contributed by atoms with Crippen molar-refractivity contribution in [2.75, 3.05) is 0 Å². The van der Waals surface area contributed by atoms with Crippen LogP contribution >= 0.6 is 0 Å². The fourth-order valence-electron chi connectivity index (χ4n) is 3.54. The third-order valence-electron chi connectivity index (χ3n) is 5.01. The molecule has 0 unspecified atom stereocenters. The van der Waals surface area contributed by atoms with Gasteiger partial charge in [-0.05, 0) is 73.2 Å². The monoisotopic (exact) mass is 428 g/mol. The Morgan fingerprint density at radius 1 is 0.806 bits per heavy atom. The fraction of sp³-hybridized carbons (Fsp3) is 0.125. The topological polar surface area (TPSA) is 17.8 Å². The van der Waals surface area contributed by atoms with Crippen LogP contribution in [0.3, 0.4) is 0 Å². The Labute approximate surface area is 175 Å². The highest BCUT2D eigenvalue weighted by Crippen LogP contribution is 2.33. The molecule has 0 amide bonds. The quantitative estimate of drug-likeness (QED) is 0.324. The van der Waals surface area contributed by atoms with E-state index in [1.807, 2.05) is 6.92 Å². The summed E-state index contributed by atoms with van der Waals surface area (Å²) in [7, 11) is 0. The van der Waals surface area contributed by atoms with Crippen molar-refractivity contribution in [1.82, 2.24) is 9.78 Å². The standard InChI is InChI=1S/C24H17F5N2/c1-15-22(17-5-9-20(25)10-6-17)30-31(23(15)18-7-11-21(26)12-8-18)14-16-3-2-4-19(13-16)24(27,28)29/h2-13H,14H2,1H3. The van der Waals surface area contributed by atoms with Gasteiger partial charge in [0.05, 0.1) is 23.5 Å². The molecule has 4 rings (SSSR count). The van der Waals surface area contributed by atoms with E-state index in [4.69, 9.17) is 0 Å². The number of alkyl halides is 3. The number of nitrogens with zero attached hydrogens (tertiary/aromatic N) is 2. The van der Waals surface area contributed by atoms with Gasteiger partial charge in [0.25, 0.3) is 0 Å². The minimum atomic E-state index is -4.45. The summed E-state index contributed by atoms with van der Waals surface area (Å²) in [5, 5.41) is 4.61. The molecule has 0 radical (unpaired) electrons. The van der Waals surface area contributed by atoms with Crippen molar-refractivity contribution in [2.24, 2.45) is 0 Å². The fourth-order valence-corrected chi connectivity index (χ4v) is 3.54. The molecular weight excluding hydrogens is 411 g/mol. The summed E-state index contributed by atoms with van der Waals surface area (Å²) in [6.45, 7) is 1.91. The Balaban J connectivity index is 1.83. The minimum Gasteiger partial charge on any atom is -0.260 e. The lowest BCUT2D eigenvalue weighted by atomic mass is 10.0. The molecule has 158 valence electrons. The first-order valence-electron chi connectivity index (χ1n) is 9.48. The number of benzene rings is 3. The van der Waals surface area contributed by atoms with E-state index >= 15 is 0 Å². The molecule has 0 fully saturated rings. The molecule has 0 atom stereocenters. The predicted molar refractivity (Wildman–Crippen MR) is 108 cm³/mol. The van der Waals surface area contributed by atoms with Crippen LogP contribution in [0.4, 0.5) is 22.0 Å². The van der Waals surface area contributed by atoms with E-state index in [9.17, 15) is 22.0 Å². The van der Waals surface area contributed by atoms with Crippen molar-refractivity contribution in [2.45, 2.75) is 19.6 Å². The number of halogens is 5. The lowest BCUT2D eigenvalue weighted by Crippen LogP contribution is -2.08. The summed E-state index contributed by atoms with van der Waals surface area (Å²) in [5.41, 5.74) is 3.01. The zero-order valence-corrected chi connectivity index (χ0v) is 16.4. The van der Waals surface area contributed by atoms with Gasteiger partial charge in [0, 0.05) is 16.7 Å². The predicted octanol–water partition coefficient (Wildman–Crippen LogP) is 6.87. The zero-order chi connectivity index (χ0) is 22.2. The zero-order valence-electron chi connectivity index (χ0n) is 16.4. The van der Waals surface area contributed by atoms with Gasteiger partial charge in [0.2, 0.25) is 0 Å². The average Bonchev–Trinajstić information content (AvgIpc) is 3.05. The second-order valence-electron chi connectivity index (χ2n) is 7.19. The molecule has 7 heteroatoms. The molecule has 4 aromatic rings. The highest BCUT2D eigenvalue weighted by atomic mass is 19.4. The molecule has 1 heterocycles. The van der Waals surface area contributed by atoms with Crippen LogP contribution in [0.1, 0.15) is 16.7 Å². The Bertz CT molecular complexity index is 1210. The summed E-state index contributed by atoms with van der Waals surface area (Å²) in [4.78, 5) is 0. The molecule has 0 aliphatic heterocycles. The molecule has 0 aliphatic carbocycles. The van der Waals surface area contributed by atoms with Crippen LogP contribution in [-0.2, 0) is 12.7 Å². The van der Waals surface area contributed by atoms with E-state index in [2.05, 4.69) is 5.10 Å². The van der Waals surface area contributed by atoms with E-state index < -0.39 is 17.6 Å². The van der Waals surface area contributed by atoms with Crippen LogP contribution < -0.4 is 0 Å². The SMILES string of the molecule is Cc1c(-c2ccc(F)cc2)nn(Cc2cccc(C(F)(F)F)c2)c1-c1ccc(F)cc1. The summed E-state index contributed by atoms with van der Waals surface area (Å²) in [6, 6.07) is 16.7. The molecule has 0 saturated carbocycles. The highest BCUT2D eigenvalue weighted by Gasteiger charge is 2.30. The van der Waals surface area contributed by atoms with Crippen molar-refractivity contribution < 1.29 is 22.0 Å². The third kappa shape index (κ3) is 4.35. The minimum absolute atomic E-state index is 0.0820. The summed E-state index contributed by atoms with van der Waals surface area (Å²) >= 11 is 0. The molecular formula is C24H17F5N2. The van der Waals surface area contributed by atoms with Gasteiger partial charge in [0.1, 0.15) is 11.6 Å². The molecule has 3 aromatic carbocycles. The Hall–Kier alpha value is -3.48. The Morgan fingerprint density at radius 3 is 1.97 bits per heavy atom. The van der Waals surface area contributed by atoms with E-state index in [0.717, 1.165) is 17.7 Å². The van der Waals surface area contributed by atoms with Crippen LogP contribution in [0.15, 0.2) is 72.8 Å². The smallest absolute Gasteiger partial charge is 0.260 e. The van der Waals surface area contributed by atoms with E-state index in [-0.39, 0.29) is 12.4 Å². The number of aromatic nitrogens is 2. The Kier molecular flexibility index (Phi) is 5.35. The van der Waals surface area contributed by atoms with E-state index in [1.54, 1.807) is 35.0 Å². The first-order chi connectivity index (χ1) is 14.7. The van der Waals surface area contributed by atoms with Crippen molar-refractivity contribution in [3.8, 4) is 22.5 Å². The van der Waals surface area contributed by atoms with Crippen LogP contribution in [-0.4, -0.2) is 9.78 Å². The average molecular weight is 428 g/mol. The van der Waals surface area contributed by atoms with E-state index in [0.29, 0.717) is 28.1 Å². The lowest BCUT2D eigenvalue weighted by Gasteiger charge is -2.11. The van der Waals surface area contributed by atoms with Crippen molar-refractivity contribution in [1.29, 1.82) is 0 Å². The first-order valence-corrected chi connectivity index (χ1v) is 9.48. The first kappa shape index (κ1) is 20.8. The summed E-state index contributed by atoms with van der Waals surface area (Å²) in [5.74, 6) is -0.785. The maximum Gasteiger partial charge on any atom is 0.416 e. The number of rotatable bonds is 4. The van der Waals surface area contributed by atoms with Gasteiger partial charge in [-0.25, -0.2) is 8.78 Å². The molecule has 0 N–H and O–H groups in total. The molecule has 31 heavy (non-hydrogen) atoms. The van der Waals surface area contributed by atoms with Gasteiger partial charge < -0.3 is 0 Å². The molecule has 0 spiro atoms. The molecule has 2 nitrogen and oxygen atoms in total. The van der Waals surface area contributed by atoms with Gasteiger partial charge >= 0.3 is 6.18 Å². The highest BCUT2D eigenvalue weighted by molar-refractivity contribution is 5.74. The Morgan fingerprint density at radius 2 is 1.39 bits per heavy atom. The van der Waals surface area contributed by atoms with Crippen LogP contribution in [0.2, 0.25) is 0 Å².